The molecule has 1 heteroatoms. The Morgan fingerprint density at radius 2 is 2.00 bits per heavy atom. The standard InChI is InChI=1S/C12H16N/c1-2-4-7-11(8-5-3-1)12-9-6-10-13-12/h6-7,9-10H,1-5,8H2/b11-7+. The second-order valence-corrected chi connectivity index (χ2v) is 3.70. The molecule has 0 aromatic heterocycles. The van der Waals surface area contributed by atoms with Crippen molar-refractivity contribution >= 4 is 0 Å². The molecule has 0 spiro atoms. The maximum absolute atomic E-state index is 4.34. The van der Waals surface area contributed by atoms with Gasteiger partial charge in [-0.1, -0.05) is 18.9 Å². The zero-order valence-corrected chi connectivity index (χ0v) is 8.00. The zero-order chi connectivity index (χ0) is 8.93. The highest BCUT2D eigenvalue weighted by Crippen LogP contribution is 2.23. The molecule has 69 valence electrons. The lowest BCUT2D eigenvalue weighted by molar-refractivity contribution is 0.625. The van der Waals surface area contributed by atoms with E-state index in [1.807, 2.05) is 12.3 Å². The largest absolute Gasteiger partial charge is 0.257 e. The Hall–Kier alpha value is -0.980. The van der Waals surface area contributed by atoms with Gasteiger partial charge in [0.2, 0.25) is 0 Å². The van der Waals surface area contributed by atoms with Gasteiger partial charge in [-0.15, -0.1) is 0 Å². The second kappa shape index (κ2) is 4.31. The summed E-state index contributed by atoms with van der Waals surface area (Å²) in [5, 5.41) is 4.34. The Morgan fingerprint density at radius 1 is 1.08 bits per heavy atom. The molecule has 1 aliphatic heterocycles. The van der Waals surface area contributed by atoms with E-state index in [0.717, 1.165) is 0 Å². The SMILES string of the molecule is C1=C[N]C(/C2=C/CCCCCC2)=C1. The average Bonchev–Trinajstić information content (AvgIpc) is 2.55. The first-order valence-corrected chi connectivity index (χ1v) is 5.24. The van der Waals surface area contributed by atoms with E-state index < -0.39 is 0 Å². The molecule has 1 radical (unpaired) electrons. The zero-order valence-electron chi connectivity index (χ0n) is 8.00. The van der Waals surface area contributed by atoms with Crippen molar-refractivity contribution in [1.29, 1.82) is 0 Å². The Labute approximate surface area is 80.2 Å². The molecule has 0 atom stereocenters. The lowest BCUT2D eigenvalue weighted by Crippen LogP contribution is -1.99. The van der Waals surface area contributed by atoms with Crippen molar-refractivity contribution in [2.24, 2.45) is 0 Å². The fourth-order valence-corrected chi connectivity index (χ4v) is 1.91. The molecule has 0 bridgehead atoms. The van der Waals surface area contributed by atoms with E-state index >= 15 is 0 Å². The average molecular weight is 174 g/mol. The van der Waals surface area contributed by atoms with Crippen LogP contribution in [0.5, 0.6) is 0 Å². The van der Waals surface area contributed by atoms with Crippen molar-refractivity contribution in [2.75, 3.05) is 0 Å². The van der Waals surface area contributed by atoms with Crippen LogP contribution >= 0.6 is 0 Å². The Bertz CT molecular complexity index is 258. The van der Waals surface area contributed by atoms with E-state index in [0.29, 0.717) is 0 Å². The Balaban J connectivity index is 2.02. The molecule has 2 rings (SSSR count). The highest BCUT2D eigenvalue weighted by atomic mass is 14.9. The molecule has 0 saturated carbocycles. The van der Waals surface area contributed by atoms with Crippen LogP contribution in [-0.4, -0.2) is 0 Å². The second-order valence-electron chi connectivity index (χ2n) is 3.70. The summed E-state index contributed by atoms with van der Waals surface area (Å²) in [6, 6.07) is 0. The van der Waals surface area contributed by atoms with Crippen molar-refractivity contribution in [1.82, 2.24) is 5.32 Å². The van der Waals surface area contributed by atoms with Gasteiger partial charge in [-0.05, 0) is 43.4 Å². The minimum Gasteiger partial charge on any atom is -0.257 e. The molecule has 1 nitrogen and oxygen atoms in total. The Morgan fingerprint density at radius 3 is 2.85 bits per heavy atom. The van der Waals surface area contributed by atoms with Gasteiger partial charge in [-0.3, -0.25) is 5.32 Å². The van der Waals surface area contributed by atoms with E-state index in [9.17, 15) is 0 Å². The first-order chi connectivity index (χ1) is 6.47. The topological polar surface area (TPSA) is 14.1 Å². The van der Waals surface area contributed by atoms with Crippen molar-refractivity contribution in [2.45, 2.75) is 38.5 Å². The fraction of sp³-hybridized carbons (Fsp3) is 0.500. The minimum absolute atomic E-state index is 1.20. The van der Waals surface area contributed by atoms with Crippen molar-refractivity contribution in [3.8, 4) is 0 Å². The monoisotopic (exact) mass is 174 g/mol. The summed E-state index contributed by atoms with van der Waals surface area (Å²) in [7, 11) is 0. The summed E-state index contributed by atoms with van der Waals surface area (Å²) in [5.74, 6) is 0. The molecule has 2 aliphatic rings. The normalized spacial score (nSPS) is 26.8. The van der Waals surface area contributed by atoms with Gasteiger partial charge in [0.1, 0.15) is 0 Å². The molecule has 0 amide bonds. The van der Waals surface area contributed by atoms with Crippen molar-refractivity contribution in [3.63, 3.8) is 0 Å². The lowest BCUT2D eigenvalue weighted by atomic mass is 9.98. The van der Waals surface area contributed by atoms with E-state index in [1.165, 1.54) is 49.8 Å². The third-order valence-electron chi connectivity index (χ3n) is 2.67. The number of allylic oxidation sites excluding steroid dienone is 4. The van der Waals surface area contributed by atoms with Gasteiger partial charge >= 0.3 is 0 Å². The molecule has 0 aromatic rings. The van der Waals surface area contributed by atoms with Crippen molar-refractivity contribution in [3.05, 3.63) is 35.7 Å². The summed E-state index contributed by atoms with van der Waals surface area (Å²) in [6.07, 6.45) is 16.3. The van der Waals surface area contributed by atoms with Crippen LogP contribution in [-0.2, 0) is 0 Å². The summed E-state index contributed by atoms with van der Waals surface area (Å²) in [4.78, 5) is 0. The number of nitrogens with zero attached hydrogens (tertiary/aromatic N) is 1. The fourth-order valence-electron chi connectivity index (χ4n) is 1.91. The summed E-state index contributed by atoms with van der Waals surface area (Å²) >= 11 is 0. The maximum Gasteiger partial charge on any atom is 0.0658 e. The molecule has 0 unspecified atom stereocenters. The summed E-state index contributed by atoms with van der Waals surface area (Å²) in [5.41, 5.74) is 2.66. The van der Waals surface area contributed by atoms with Gasteiger partial charge in [-0.25, -0.2) is 0 Å². The van der Waals surface area contributed by atoms with Gasteiger partial charge in [-0.2, -0.15) is 0 Å². The number of rotatable bonds is 1. The van der Waals surface area contributed by atoms with Gasteiger partial charge in [0.15, 0.2) is 0 Å². The highest BCUT2D eigenvalue weighted by molar-refractivity contribution is 5.36. The van der Waals surface area contributed by atoms with Crippen LogP contribution in [0.3, 0.4) is 0 Å². The first kappa shape index (κ1) is 8.61. The summed E-state index contributed by atoms with van der Waals surface area (Å²) < 4.78 is 0. The maximum atomic E-state index is 4.34. The molecule has 1 heterocycles. The quantitative estimate of drug-likeness (QED) is 0.579. The molecular weight excluding hydrogens is 158 g/mol. The minimum atomic E-state index is 1.20. The first-order valence-electron chi connectivity index (χ1n) is 5.24. The van der Waals surface area contributed by atoms with Gasteiger partial charge in [0, 0.05) is 6.20 Å². The Kier molecular flexibility index (Phi) is 2.86. The molecule has 0 aromatic carbocycles. The molecular formula is C12H16N. The predicted molar refractivity (Wildman–Crippen MR) is 55.1 cm³/mol. The third kappa shape index (κ3) is 2.24. The molecule has 0 saturated heterocycles. The van der Waals surface area contributed by atoms with E-state index in [4.69, 9.17) is 0 Å². The van der Waals surface area contributed by atoms with Crippen LogP contribution < -0.4 is 5.32 Å². The predicted octanol–water partition coefficient (Wildman–Crippen LogP) is 3.28. The van der Waals surface area contributed by atoms with Gasteiger partial charge in [0.25, 0.3) is 0 Å². The van der Waals surface area contributed by atoms with Crippen LogP contribution in [0.15, 0.2) is 35.7 Å². The van der Waals surface area contributed by atoms with Crippen LogP contribution in [0.25, 0.3) is 0 Å². The van der Waals surface area contributed by atoms with Crippen LogP contribution in [0.2, 0.25) is 0 Å². The molecule has 13 heavy (non-hydrogen) atoms. The van der Waals surface area contributed by atoms with Crippen molar-refractivity contribution < 1.29 is 0 Å². The highest BCUT2D eigenvalue weighted by Gasteiger charge is 2.08. The molecule has 1 aliphatic carbocycles. The lowest BCUT2D eigenvalue weighted by Gasteiger charge is -2.11. The van der Waals surface area contributed by atoms with Crippen LogP contribution in [0, 0.1) is 0 Å². The third-order valence-corrected chi connectivity index (χ3v) is 2.67. The summed E-state index contributed by atoms with van der Waals surface area (Å²) in [6.45, 7) is 0. The van der Waals surface area contributed by atoms with Gasteiger partial charge < -0.3 is 0 Å². The number of hydrogen-bond acceptors (Lipinski definition) is 0. The molecule has 0 N–H and O–H groups in total. The van der Waals surface area contributed by atoms with Gasteiger partial charge in [0.05, 0.1) is 5.70 Å². The van der Waals surface area contributed by atoms with Crippen LogP contribution in [0.1, 0.15) is 38.5 Å². The smallest absolute Gasteiger partial charge is 0.0658 e. The van der Waals surface area contributed by atoms with E-state index in [-0.39, 0.29) is 0 Å². The molecule has 0 fully saturated rings. The number of hydrogen-bond donors (Lipinski definition) is 0. The van der Waals surface area contributed by atoms with E-state index in [1.54, 1.807) is 0 Å². The van der Waals surface area contributed by atoms with E-state index in [2.05, 4.69) is 17.5 Å². The van der Waals surface area contributed by atoms with Crippen LogP contribution in [0.4, 0.5) is 0 Å².